The van der Waals surface area contributed by atoms with Crippen molar-refractivity contribution in [2.45, 2.75) is 39.7 Å². The van der Waals surface area contributed by atoms with Crippen LogP contribution in [-0.4, -0.2) is 81.3 Å². The predicted octanol–water partition coefficient (Wildman–Crippen LogP) is 3.39. The molecule has 34 heavy (non-hydrogen) atoms. The number of pyridine rings is 2. The van der Waals surface area contributed by atoms with Crippen LogP contribution in [0.1, 0.15) is 48.8 Å². The second kappa shape index (κ2) is 9.70. The molecule has 3 aromatic rings. The van der Waals surface area contributed by atoms with Gasteiger partial charge in [0.1, 0.15) is 5.82 Å². The van der Waals surface area contributed by atoms with E-state index in [1.807, 2.05) is 47.1 Å². The molecule has 0 N–H and O–H groups in total. The highest BCUT2D eigenvalue weighted by Gasteiger charge is 2.28. The van der Waals surface area contributed by atoms with Crippen molar-refractivity contribution in [2.75, 3.05) is 50.7 Å². The van der Waals surface area contributed by atoms with Crippen molar-refractivity contribution in [3.8, 4) is 0 Å². The first kappa shape index (κ1) is 22.8. The van der Waals surface area contributed by atoms with Crippen LogP contribution in [0, 0.1) is 12.8 Å². The molecule has 0 radical (unpaired) electrons. The highest BCUT2D eigenvalue weighted by molar-refractivity contribution is 5.98. The lowest BCUT2D eigenvalue weighted by molar-refractivity contribution is 0.0636. The minimum Gasteiger partial charge on any atom is -0.354 e. The smallest absolute Gasteiger partial charge is 0.255 e. The zero-order chi connectivity index (χ0) is 23.7. The zero-order valence-electron chi connectivity index (χ0n) is 20.5. The van der Waals surface area contributed by atoms with Crippen LogP contribution in [0.2, 0.25) is 0 Å². The number of aromatic nitrogens is 4. The van der Waals surface area contributed by atoms with Crippen LogP contribution in [0.4, 0.5) is 5.82 Å². The van der Waals surface area contributed by atoms with Crippen LogP contribution in [0.15, 0.2) is 36.7 Å². The van der Waals surface area contributed by atoms with E-state index in [9.17, 15) is 4.79 Å². The maximum Gasteiger partial charge on any atom is 0.255 e. The molecule has 0 saturated carbocycles. The molecule has 8 nitrogen and oxygen atoms in total. The molecular formula is C26H35N7O. The SMILES string of the molecule is Cc1nc2c(cnn2C(C)C)cc1C(=O)N1CCCC(CN2CCN(c3ccccn3)CC2)C1. The number of likely N-dealkylation sites (tertiary alicyclic amines) is 1. The van der Waals surface area contributed by atoms with Crippen molar-refractivity contribution in [1.29, 1.82) is 0 Å². The van der Waals surface area contributed by atoms with E-state index in [0.29, 0.717) is 11.5 Å². The van der Waals surface area contributed by atoms with Crippen LogP contribution in [-0.2, 0) is 0 Å². The average Bonchev–Trinajstić information content (AvgIpc) is 3.27. The number of rotatable bonds is 5. The summed E-state index contributed by atoms with van der Waals surface area (Å²) in [5.41, 5.74) is 2.35. The Hall–Kier alpha value is -3.00. The molecule has 0 bridgehead atoms. The van der Waals surface area contributed by atoms with Gasteiger partial charge in [-0.25, -0.2) is 14.6 Å². The van der Waals surface area contributed by atoms with E-state index in [0.717, 1.165) is 74.8 Å². The summed E-state index contributed by atoms with van der Waals surface area (Å²) in [5, 5.41) is 5.40. The molecule has 2 aliphatic rings. The monoisotopic (exact) mass is 461 g/mol. The van der Waals surface area contributed by atoms with Crippen molar-refractivity contribution in [3.05, 3.63) is 47.9 Å². The average molecular weight is 462 g/mol. The van der Waals surface area contributed by atoms with Crippen LogP contribution >= 0.6 is 0 Å². The number of piperidine rings is 1. The topological polar surface area (TPSA) is 70.4 Å². The number of hydrogen-bond acceptors (Lipinski definition) is 6. The minimum atomic E-state index is 0.105. The summed E-state index contributed by atoms with van der Waals surface area (Å²) in [6.07, 6.45) is 5.93. The van der Waals surface area contributed by atoms with Crippen LogP contribution in [0.3, 0.4) is 0 Å². The largest absolute Gasteiger partial charge is 0.354 e. The van der Waals surface area contributed by atoms with E-state index < -0.39 is 0 Å². The van der Waals surface area contributed by atoms with E-state index in [1.54, 1.807) is 0 Å². The first-order chi connectivity index (χ1) is 16.5. The van der Waals surface area contributed by atoms with Gasteiger partial charge in [-0.15, -0.1) is 0 Å². The number of anilines is 1. The third kappa shape index (κ3) is 4.64. The fourth-order valence-corrected chi connectivity index (χ4v) is 5.29. The Morgan fingerprint density at radius 1 is 1.15 bits per heavy atom. The van der Waals surface area contributed by atoms with E-state index in [-0.39, 0.29) is 11.9 Å². The Balaban J connectivity index is 1.21. The second-order valence-corrected chi connectivity index (χ2v) is 9.95. The zero-order valence-corrected chi connectivity index (χ0v) is 20.5. The van der Waals surface area contributed by atoms with E-state index in [1.165, 1.54) is 6.42 Å². The van der Waals surface area contributed by atoms with Gasteiger partial charge in [0.15, 0.2) is 5.65 Å². The first-order valence-corrected chi connectivity index (χ1v) is 12.5. The van der Waals surface area contributed by atoms with Gasteiger partial charge in [0.05, 0.1) is 17.5 Å². The number of aryl methyl sites for hydroxylation is 1. The van der Waals surface area contributed by atoms with Gasteiger partial charge in [-0.1, -0.05) is 6.07 Å². The lowest BCUT2D eigenvalue weighted by atomic mass is 9.96. The number of carbonyl (C=O) groups excluding carboxylic acids is 1. The lowest BCUT2D eigenvalue weighted by Crippen LogP contribution is -2.50. The standard InChI is InChI=1S/C26H35N7O/c1-19(2)33-25-22(16-28-33)15-23(20(3)29-25)26(34)32-10-6-7-21(18-32)17-30-11-13-31(14-12-30)24-8-4-5-9-27-24/h4-5,8-9,15-16,19,21H,6-7,10-14,17-18H2,1-3H3. The summed E-state index contributed by atoms with van der Waals surface area (Å²) in [6, 6.07) is 8.31. The number of hydrogen-bond donors (Lipinski definition) is 0. The van der Waals surface area contributed by atoms with Crippen molar-refractivity contribution in [2.24, 2.45) is 5.92 Å². The molecule has 180 valence electrons. The molecule has 0 aliphatic carbocycles. The Morgan fingerprint density at radius 2 is 1.97 bits per heavy atom. The number of nitrogens with zero attached hydrogens (tertiary/aromatic N) is 7. The number of piperazine rings is 1. The van der Waals surface area contributed by atoms with Gasteiger partial charge < -0.3 is 9.80 Å². The Bertz CT molecular complexity index is 1130. The van der Waals surface area contributed by atoms with Crippen molar-refractivity contribution in [1.82, 2.24) is 29.5 Å². The number of amides is 1. The first-order valence-electron chi connectivity index (χ1n) is 12.5. The van der Waals surface area contributed by atoms with Crippen LogP contribution < -0.4 is 4.90 Å². The van der Waals surface area contributed by atoms with E-state index in [4.69, 9.17) is 4.98 Å². The molecule has 0 aromatic carbocycles. The highest BCUT2D eigenvalue weighted by atomic mass is 16.2. The van der Waals surface area contributed by atoms with Crippen molar-refractivity contribution >= 4 is 22.8 Å². The fourth-order valence-electron chi connectivity index (χ4n) is 5.29. The summed E-state index contributed by atoms with van der Waals surface area (Å²) >= 11 is 0. The molecule has 1 atom stereocenters. The van der Waals surface area contributed by atoms with E-state index in [2.05, 4.69) is 39.8 Å². The quantitative estimate of drug-likeness (QED) is 0.580. The van der Waals surface area contributed by atoms with Gasteiger partial charge in [-0.2, -0.15) is 5.10 Å². The summed E-state index contributed by atoms with van der Waals surface area (Å²) in [4.78, 5) is 29.7. The molecule has 5 rings (SSSR count). The molecule has 2 saturated heterocycles. The Morgan fingerprint density at radius 3 is 2.71 bits per heavy atom. The summed E-state index contributed by atoms with van der Waals surface area (Å²) in [5.74, 6) is 1.69. The normalized spacial score (nSPS) is 19.8. The minimum absolute atomic E-state index is 0.105. The Kier molecular flexibility index (Phi) is 6.50. The Labute approximate surface area is 201 Å². The van der Waals surface area contributed by atoms with Gasteiger partial charge >= 0.3 is 0 Å². The third-order valence-corrected chi connectivity index (χ3v) is 7.15. The van der Waals surface area contributed by atoms with Crippen molar-refractivity contribution < 1.29 is 4.79 Å². The van der Waals surface area contributed by atoms with Crippen LogP contribution in [0.5, 0.6) is 0 Å². The molecule has 2 aliphatic heterocycles. The van der Waals surface area contributed by atoms with Gasteiger partial charge in [0.2, 0.25) is 0 Å². The molecular weight excluding hydrogens is 426 g/mol. The van der Waals surface area contributed by atoms with E-state index >= 15 is 0 Å². The van der Waals surface area contributed by atoms with Gasteiger partial charge in [0.25, 0.3) is 5.91 Å². The maximum absolute atomic E-state index is 13.5. The number of fused-ring (bicyclic) bond motifs is 1. The molecule has 0 spiro atoms. The fraction of sp³-hybridized carbons (Fsp3) is 0.538. The van der Waals surface area contributed by atoms with Gasteiger partial charge in [-0.05, 0) is 57.7 Å². The van der Waals surface area contributed by atoms with Gasteiger partial charge in [0, 0.05) is 63.4 Å². The lowest BCUT2D eigenvalue weighted by Gasteiger charge is -2.39. The molecule has 1 amide bonds. The molecule has 5 heterocycles. The van der Waals surface area contributed by atoms with Crippen molar-refractivity contribution in [3.63, 3.8) is 0 Å². The molecule has 8 heteroatoms. The van der Waals surface area contributed by atoms with Crippen LogP contribution in [0.25, 0.3) is 11.0 Å². The molecule has 2 fully saturated rings. The molecule has 1 unspecified atom stereocenters. The number of carbonyl (C=O) groups is 1. The van der Waals surface area contributed by atoms with Gasteiger partial charge in [-0.3, -0.25) is 9.69 Å². The third-order valence-electron chi connectivity index (χ3n) is 7.15. The second-order valence-electron chi connectivity index (χ2n) is 9.95. The highest BCUT2D eigenvalue weighted by Crippen LogP contribution is 2.24. The summed E-state index contributed by atoms with van der Waals surface area (Å²) in [7, 11) is 0. The molecule has 3 aromatic heterocycles. The summed E-state index contributed by atoms with van der Waals surface area (Å²) < 4.78 is 1.92. The maximum atomic E-state index is 13.5. The predicted molar refractivity (Wildman–Crippen MR) is 134 cm³/mol. The summed E-state index contributed by atoms with van der Waals surface area (Å²) in [6.45, 7) is 12.9.